The maximum absolute atomic E-state index is 3.85. The van der Waals surface area contributed by atoms with Gasteiger partial charge >= 0.3 is 0 Å². The van der Waals surface area contributed by atoms with Crippen LogP contribution in [0, 0.1) is 6.08 Å². The molecule has 0 bridgehead atoms. The maximum Gasteiger partial charge on any atom is 0.0167 e. The molecule has 0 heteroatoms. The minimum atomic E-state index is 0.363. The first-order valence-corrected chi connectivity index (χ1v) is 12.4. The first-order chi connectivity index (χ1) is 15.9. The molecule has 2 aliphatic rings. The van der Waals surface area contributed by atoms with Gasteiger partial charge in [0.2, 0.25) is 0 Å². The number of hydrogen-bond acceptors (Lipinski definition) is 0. The summed E-state index contributed by atoms with van der Waals surface area (Å²) in [5, 5.41) is 0. The van der Waals surface area contributed by atoms with Gasteiger partial charge in [-0.2, -0.15) is 0 Å². The predicted octanol–water partition coefficient (Wildman–Crippen LogP) is 8.87. The van der Waals surface area contributed by atoms with E-state index in [1.54, 1.807) is 11.1 Å². The van der Waals surface area contributed by atoms with Crippen LogP contribution in [-0.4, -0.2) is 0 Å². The quantitative estimate of drug-likeness (QED) is 0.178. The second kappa shape index (κ2) is 9.74. The fourth-order valence-electron chi connectivity index (χ4n) is 5.74. The van der Waals surface area contributed by atoms with E-state index in [9.17, 15) is 0 Å². The summed E-state index contributed by atoms with van der Waals surface area (Å²) in [7, 11) is 0. The molecule has 2 aliphatic carbocycles. The smallest absolute Gasteiger partial charge is 0.0167 e. The van der Waals surface area contributed by atoms with Crippen molar-refractivity contribution in [2.24, 2.45) is 0 Å². The van der Waals surface area contributed by atoms with Gasteiger partial charge in [0.15, 0.2) is 0 Å². The lowest BCUT2D eigenvalue weighted by Gasteiger charge is -2.26. The summed E-state index contributed by atoms with van der Waals surface area (Å²) < 4.78 is 0. The van der Waals surface area contributed by atoms with E-state index in [0.717, 1.165) is 12.8 Å². The topological polar surface area (TPSA) is 0 Å². The molecule has 2 atom stereocenters. The highest BCUT2D eigenvalue weighted by Gasteiger charge is 2.31. The SMILES string of the molecule is C=CCCCCCCCC(c1cccc2c1Cc1ccccc1-2)C1[C]=Cc2ccccc21. The molecule has 2 unspecified atom stereocenters. The van der Waals surface area contributed by atoms with E-state index in [1.165, 1.54) is 66.3 Å². The van der Waals surface area contributed by atoms with E-state index in [-0.39, 0.29) is 0 Å². The summed E-state index contributed by atoms with van der Waals surface area (Å²) in [4.78, 5) is 0. The Labute approximate surface area is 193 Å². The van der Waals surface area contributed by atoms with Crippen LogP contribution < -0.4 is 0 Å². The summed E-state index contributed by atoms with van der Waals surface area (Å²) in [6.07, 6.45) is 18.0. The Morgan fingerprint density at radius 3 is 2.56 bits per heavy atom. The highest BCUT2D eigenvalue weighted by Crippen LogP contribution is 2.47. The maximum atomic E-state index is 3.85. The highest BCUT2D eigenvalue weighted by atomic mass is 14.3. The molecule has 0 saturated heterocycles. The van der Waals surface area contributed by atoms with Gasteiger partial charge in [-0.15, -0.1) is 6.58 Å². The Morgan fingerprint density at radius 2 is 1.62 bits per heavy atom. The van der Waals surface area contributed by atoms with Crippen LogP contribution in [0.15, 0.2) is 79.4 Å². The third kappa shape index (κ3) is 4.11. The second-order valence-electron chi connectivity index (χ2n) is 9.37. The van der Waals surface area contributed by atoms with Crippen molar-refractivity contribution in [2.45, 2.75) is 63.2 Å². The summed E-state index contributed by atoms with van der Waals surface area (Å²) in [6, 6.07) is 24.8. The monoisotopic (exact) mass is 417 g/mol. The first-order valence-electron chi connectivity index (χ1n) is 12.4. The third-order valence-corrected chi connectivity index (χ3v) is 7.36. The van der Waals surface area contributed by atoms with E-state index in [0.29, 0.717) is 11.8 Å². The van der Waals surface area contributed by atoms with Crippen LogP contribution >= 0.6 is 0 Å². The summed E-state index contributed by atoms with van der Waals surface area (Å²) in [5.74, 6) is 0.856. The van der Waals surface area contributed by atoms with Gasteiger partial charge in [-0.3, -0.25) is 0 Å². The van der Waals surface area contributed by atoms with Crippen molar-refractivity contribution in [1.29, 1.82) is 0 Å². The average Bonchev–Trinajstić information content (AvgIpc) is 3.43. The van der Waals surface area contributed by atoms with Gasteiger partial charge in [0, 0.05) is 5.92 Å². The Morgan fingerprint density at radius 1 is 0.844 bits per heavy atom. The number of benzene rings is 3. The van der Waals surface area contributed by atoms with Gasteiger partial charge in [0.05, 0.1) is 0 Å². The van der Waals surface area contributed by atoms with Crippen LogP contribution in [0.1, 0.15) is 84.6 Å². The molecule has 32 heavy (non-hydrogen) atoms. The molecular formula is C32H33. The van der Waals surface area contributed by atoms with Crippen molar-refractivity contribution in [3.63, 3.8) is 0 Å². The van der Waals surface area contributed by atoms with Crippen molar-refractivity contribution in [1.82, 2.24) is 0 Å². The van der Waals surface area contributed by atoms with Gasteiger partial charge in [-0.05, 0) is 76.6 Å². The van der Waals surface area contributed by atoms with E-state index < -0.39 is 0 Å². The lowest BCUT2D eigenvalue weighted by Crippen LogP contribution is -2.11. The molecule has 0 fully saturated rings. The van der Waals surface area contributed by atoms with Crippen LogP contribution in [0.3, 0.4) is 0 Å². The number of hydrogen-bond donors (Lipinski definition) is 0. The van der Waals surface area contributed by atoms with Crippen molar-refractivity contribution in [3.8, 4) is 11.1 Å². The third-order valence-electron chi connectivity index (χ3n) is 7.36. The molecule has 161 valence electrons. The Balaban J connectivity index is 1.41. The van der Waals surface area contributed by atoms with Gasteiger partial charge in [-0.25, -0.2) is 0 Å². The number of fused-ring (bicyclic) bond motifs is 4. The van der Waals surface area contributed by atoms with Gasteiger partial charge in [-0.1, -0.05) is 105 Å². The van der Waals surface area contributed by atoms with Crippen molar-refractivity contribution >= 4 is 6.08 Å². The van der Waals surface area contributed by atoms with Gasteiger partial charge < -0.3 is 0 Å². The standard InChI is InChI=1S/C32H33/c1-2-3-4-5-6-7-8-18-29(31-22-21-24-14-9-11-16-26(24)31)30-20-13-19-28-27-17-12-10-15-25(27)23-32(28)30/h2,9-17,19-21,29,31H,1,3-8,18,23H2. The number of rotatable bonds is 10. The molecule has 0 N–H and O–H groups in total. The van der Waals surface area contributed by atoms with Crippen molar-refractivity contribution in [2.75, 3.05) is 0 Å². The first kappa shape index (κ1) is 21.0. The normalized spacial score (nSPS) is 16.4. The minimum absolute atomic E-state index is 0.363. The average molecular weight is 418 g/mol. The Bertz CT molecular complexity index is 1120. The second-order valence-corrected chi connectivity index (χ2v) is 9.37. The summed E-state index contributed by atoms with van der Waals surface area (Å²) in [6.45, 7) is 3.85. The molecule has 0 saturated carbocycles. The Hall–Kier alpha value is -2.86. The lowest BCUT2D eigenvalue weighted by molar-refractivity contribution is 0.509. The fraction of sp³-hybridized carbons (Fsp3) is 0.312. The predicted molar refractivity (Wildman–Crippen MR) is 137 cm³/mol. The Kier molecular flexibility index (Phi) is 6.39. The zero-order valence-corrected chi connectivity index (χ0v) is 19.0. The van der Waals surface area contributed by atoms with Gasteiger partial charge in [0.25, 0.3) is 0 Å². The molecule has 0 heterocycles. The molecule has 0 nitrogen and oxygen atoms in total. The molecule has 3 aromatic rings. The molecule has 0 aromatic heterocycles. The van der Waals surface area contributed by atoms with Crippen LogP contribution in [0.5, 0.6) is 0 Å². The van der Waals surface area contributed by atoms with Crippen LogP contribution in [-0.2, 0) is 6.42 Å². The van der Waals surface area contributed by atoms with E-state index in [2.05, 4.69) is 85.5 Å². The van der Waals surface area contributed by atoms with Crippen molar-refractivity contribution < 1.29 is 0 Å². The van der Waals surface area contributed by atoms with E-state index >= 15 is 0 Å². The number of unbranched alkanes of at least 4 members (excludes halogenated alkanes) is 5. The highest BCUT2D eigenvalue weighted by molar-refractivity contribution is 5.78. The molecule has 0 aliphatic heterocycles. The molecule has 1 radical (unpaired) electrons. The molecular weight excluding hydrogens is 384 g/mol. The number of allylic oxidation sites excluding steroid dienone is 2. The van der Waals surface area contributed by atoms with E-state index in [1.807, 2.05) is 6.08 Å². The fourth-order valence-corrected chi connectivity index (χ4v) is 5.74. The van der Waals surface area contributed by atoms with Crippen LogP contribution in [0.4, 0.5) is 0 Å². The zero-order chi connectivity index (χ0) is 21.8. The molecule has 3 aromatic carbocycles. The zero-order valence-electron chi connectivity index (χ0n) is 19.0. The molecule has 0 spiro atoms. The summed E-state index contributed by atoms with van der Waals surface area (Å²) in [5.41, 5.74) is 10.3. The molecule has 5 rings (SSSR count). The van der Waals surface area contributed by atoms with Crippen LogP contribution in [0.2, 0.25) is 0 Å². The lowest BCUT2D eigenvalue weighted by atomic mass is 9.77. The largest absolute Gasteiger partial charge is 0.103 e. The molecule has 0 amide bonds. The van der Waals surface area contributed by atoms with Crippen molar-refractivity contribution in [3.05, 3.63) is 113 Å². The van der Waals surface area contributed by atoms with Gasteiger partial charge in [0.1, 0.15) is 0 Å². The minimum Gasteiger partial charge on any atom is -0.103 e. The summed E-state index contributed by atoms with van der Waals surface area (Å²) >= 11 is 0. The van der Waals surface area contributed by atoms with E-state index in [4.69, 9.17) is 0 Å². The van der Waals surface area contributed by atoms with Crippen LogP contribution in [0.25, 0.3) is 17.2 Å².